The number of hydrogen-bond donors (Lipinski definition) is 3. The van der Waals surface area contributed by atoms with E-state index in [1.54, 1.807) is 24.3 Å². The number of piperidine rings is 1. The van der Waals surface area contributed by atoms with Gasteiger partial charge in [0.05, 0.1) is 13.4 Å². The summed E-state index contributed by atoms with van der Waals surface area (Å²) < 4.78 is 35.4. The zero-order valence-electron chi connectivity index (χ0n) is 17.3. The number of nitrogens with zero attached hydrogens (tertiary/aromatic N) is 2. The standard InChI is InChI=1S/C19H25N5O6S/c1-29-19(26)15(24-31(2,27)28)11-12-3-5-14(6-4-12)21-16(25)18-23-22-17(30-18)13-7-9-20-10-8-13/h3-6,13,15,20,24H,7-11H2,1-2H3,(H,21,25). The maximum absolute atomic E-state index is 12.4. The van der Waals surface area contributed by atoms with Crippen molar-refractivity contribution >= 4 is 27.6 Å². The van der Waals surface area contributed by atoms with Gasteiger partial charge in [0, 0.05) is 11.6 Å². The van der Waals surface area contributed by atoms with Crippen molar-refractivity contribution in [3.63, 3.8) is 0 Å². The van der Waals surface area contributed by atoms with E-state index in [0.29, 0.717) is 17.1 Å². The molecule has 11 nitrogen and oxygen atoms in total. The Morgan fingerprint density at radius 2 is 1.90 bits per heavy atom. The van der Waals surface area contributed by atoms with Crippen LogP contribution in [0.1, 0.15) is 40.9 Å². The number of ether oxygens (including phenoxy) is 1. The van der Waals surface area contributed by atoms with Gasteiger partial charge in [-0.3, -0.25) is 9.59 Å². The SMILES string of the molecule is COC(=O)C(Cc1ccc(NC(=O)c2nnc(C3CCNCC3)o2)cc1)NS(C)(=O)=O. The molecule has 3 N–H and O–H groups in total. The molecule has 31 heavy (non-hydrogen) atoms. The van der Waals surface area contributed by atoms with E-state index < -0.39 is 27.9 Å². The zero-order valence-corrected chi connectivity index (χ0v) is 18.1. The molecule has 0 aliphatic carbocycles. The van der Waals surface area contributed by atoms with Gasteiger partial charge in [-0.2, -0.15) is 0 Å². The van der Waals surface area contributed by atoms with E-state index >= 15 is 0 Å². The van der Waals surface area contributed by atoms with Crippen LogP contribution in [0.3, 0.4) is 0 Å². The first-order valence-corrected chi connectivity index (χ1v) is 11.6. The lowest BCUT2D eigenvalue weighted by Crippen LogP contribution is -2.42. The number of carbonyl (C=O) groups excluding carboxylic acids is 2. The van der Waals surface area contributed by atoms with Crippen LogP contribution in [-0.4, -0.2) is 63.0 Å². The fraction of sp³-hybridized carbons (Fsp3) is 0.474. The van der Waals surface area contributed by atoms with Gasteiger partial charge >= 0.3 is 17.8 Å². The highest BCUT2D eigenvalue weighted by Gasteiger charge is 2.24. The molecular weight excluding hydrogens is 426 g/mol. The van der Waals surface area contributed by atoms with Gasteiger partial charge in [-0.1, -0.05) is 12.1 Å². The maximum atomic E-state index is 12.4. The first kappa shape index (κ1) is 22.8. The average molecular weight is 452 g/mol. The van der Waals surface area contributed by atoms with Crippen LogP contribution in [0.4, 0.5) is 5.69 Å². The van der Waals surface area contributed by atoms with Crippen LogP contribution in [0.2, 0.25) is 0 Å². The number of rotatable bonds is 8. The van der Waals surface area contributed by atoms with Gasteiger partial charge in [-0.25, -0.2) is 13.1 Å². The van der Waals surface area contributed by atoms with Crippen molar-refractivity contribution < 1.29 is 27.2 Å². The summed E-state index contributed by atoms with van der Waals surface area (Å²) in [5.41, 5.74) is 1.16. The summed E-state index contributed by atoms with van der Waals surface area (Å²) in [5, 5.41) is 13.8. The molecule has 1 saturated heterocycles. The van der Waals surface area contributed by atoms with Gasteiger partial charge in [0.1, 0.15) is 6.04 Å². The van der Waals surface area contributed by atoms with Crippen molar-refractivity contribution in [2.75, 3.05) is 31.8 Å². The van der Waals surface area contributed by atoms with E-state index in [0.717, 1.165) is 32.2 Å². The van der Waals surface area contributed by atoms with E-state index in [1.165, 1.54) is 7.11 Å². The molecule has 0 saturated carbocycles. The Hall–Kier alpha value is -2.83. The van der Waals surface area contributed by atoms with E-state index in [9.17, 15) is 18.0 Å². The molecule has 2 heterocycles. The molecule has 12 heteroatoms. The molecule has 3 rings (SSSR count). The van der Waals surface area contributed by atoms with Gasteiger partial charge in [0.15, 0.2) is 0 Å². The first-order chi connectivity index (χ1) is 14.7. The third-order valence-electron chi connectivity index (χ3n) is 4.82. The Labute approximate surface area is 180 Å². The summed E-state index contributed by atoms with van der Waals surface area (Å²) in [4.78, 5) is 24.2. The molecule has 168 valence electrons. The lowest BCUT2D eigenvalue weighted by molar-refractivity contribution is -0.142. The number of amides is 1. The Bertz CT molecular complexity index is 1010. The zero-order chi connectivity index (χ0) is 22.4. The molecule has 1 aromatic carbocycles. The third kappa shape index (κ3) is 6.57. The molecule has 2 aromatic rings. The summed E-state index contributed by atoms with van der Waals surface area (Å²) in [6.07, 6.45) is 2.82. The number of anilines is 1. The molecular formula is C19H25N5O6S. The fourth-order valence-corrected chi connectivity index (χ4v) is 3.97. The number of carbonyl (C=O) groups is 2. The molecule has 0 radical (unpaired) electrons. The molecule has 1 aliphatic rings. The van der Waals surface area contributed by atoms with Crippen molar-refractivity contribution in [3.8, 4) is 0 Å². The summed E-state index contributed by atoms with van der Waals surface area (Å²) in [6, 6.07) is 5.55. The molecule has 1 aromatic heterocycles. The number of hydrogen-bond acceptors (Lipinski definition) is 9. The van der Waals surface area contributed by atoms with Crippen molar-refractivity contribution in [2.45, 2.75) is 31.2 Å². The summed E-state index contributed by atoms with van der Waals surface area (Å²) in [6.45, 7) is 1.74. The second-order valence-electron chi connectivity index (χ2n) is 7.29. The van der Waals surface area contributed by atoms with E-state index in [4.69, 9.17) is 4.42 Å². The van der Waals surface area contributed by atoms with Gasteiger partial charge in [-0.15, -0.1) is 10.2 Å². The van der Waals surface area contributed by atoms with Crippen molar-refractivity contribution in [2.24, 2.45) is 0 Å². The van der Waals surface area contributed by atoms with Crippen LogP contribution in [0.5, 0.6) is 0 Å². The number of nitrogens with one attached hydrogen (secondary N) is 3. The Morgan fingerprint density at radius 3 is 2.52 bits per heavy atom. The van der Waals surface area contributed by atoms with Crippen molar-refractivity contribution in [3.05, 3.63) is 41.6 Å². The van der Waals surface area contributed by atoms with Crippen LogP contribution in [-0.2, 0) is 26.0 Å². The van der Waals surface area contributed by atoms with E-state index in [1.807, 2.05) is 0 Å². The molecule has 0 bridgehead atoms. The summed E-state index contributed by atoms with van der Waals surface area (Å²) in [5.74, 6) is -0.705. The molecule has 1 atom stereocenters. The molecule has 0 spiro atoms. The van der Waals surface area contributed by atoms with Gasteiger partial charge in [0.2, 0.25) is 15.9 Å². The third-order valence-corrected chi connectivity index (χ3v) is 5.53. The van der Waals surface area contributed by atoms with Crippen molar-refractivity contribution in [1.82, 2.24) is 20.2 Å². The predicted octanol–water partition coefficient (Wildman–Crippen LogP) is 0.422. The highest BCUT2D eigenvalue weighted by atomic mass is 32.2. The smallest absolute Gasteiger partial charge is 0.324 e. The molecule has 1 aliphatic heterocycles. The van der Waals surface area contributed by atoms with Gasteiger partial charge in [0.25, 0.3) is 0 Å². The van der Waals surface area contributed by atoms with Gasteiger partial charge < -0.3 is 19.8 Å². The van der Waals surface area contributed by atoms with E-state index in [2.05, 4.69) is 30.3 Å². The maximum Gasteiger partial charge on any atom is 0.324 e. The largest absolute Gasteiger partial charge is 0.468 e. The quantitative estimate of drug-likeness (QED) is 0.485. The number of aromatic nitrogens is 2. The lowest BCUT2D eigenvalue weighted by atomic mass is 9.98. The number of esters is 1. The molecule has 1 amide bonds. The minimum Gasteiger partial charge on any atom is -0.468 e. The highest BCUT2D eigenvalue weighted by Crippen LogP contribution is 2.24. The first-order valence-electron chi connectivity index (χ1n) is 9.74. The number of sulfonamides is 1. The molecule has 1 fully saturated rings. The second kappa shape index (κ2) is 9.98. The normalized spacial score (nSPS) is 15.9. The average Bonchev–Trinajstić information content (AvgIpc) is 3.24. The van der Waals surface area contributed by atoms with E-state index in [-0.39, 0.29) is 18.2 Å². The van der Waals surface area contributed by atoms with Crippen LogP contribution < -0.4 is 15.4 Å². The molecule has 1 unspecified atom stereocenters. The summed E-state index contributed by atoms with van der Waals surface area (Å²) >= 11 is 0. The van der Waals surface area contributed by atoms with Gasteiger partial charge in [-0.05, 0) is 50.0 Å². The number of benzene rings is 1. The Kier molecular flexibility index (Phi) is 7.36. The predicted molar refractivity (Wildman–Crippen MR) is 111 cm³/mol. The minimum absolute atomic E-state index is 0.0945. The Morgan fingerprint density at radius 1 is 1.23 bits per heavy atom. The van der Waals surface area contributed by atoms with Crippen LogP contribution >= 0.6 is 0 Å². The van der Waals surface area contributed by atoms with Crippen LogP contribution in [0.15, 0.2) is 28.7 Å². The minimum atomic E-state index is -3.59. The summed E-state index contributed by atoms with van der Waals surface area (Å²) in [7, 11) is -2.41. The van der Waals surface area contributed by atoms with Crippen molar-refractivity contribution in [1.29, 1.82) is 0 Å². The highest BCUT2D eigenvalue weighted by molar-refractivity contribution is 7.88. The second-order valence-corrected chi connectivity index (χ2v) is 9.07. The Balaban J connectivity index is 1.61. The van der Waals surface area contributed by atoms with Crippen LogP contribution in [0.25, 0.3) is 0 Å². The topological polar surface area (TPSA) is 153 Å². The lowest BCUT2D eigenvalue weighted by Gasteiger charge is -2.18. The fourth-order valence-electron chi connectivity index (χ4n) is 3.28. The monoisotopic (exact) mass is 451 g/mol. The number of methoxy groups -OCH3 is 1. The van der Waals surface area contributed by atoms with Crippen LogP contribution in [0, 0.1) is 0 Å².